The first-order chi connectivity index (χ1) is 5.15. The zero-order chi connectivity index (χ0) is 8.43. The molecule has 0 N–H and O–H groups in total. The smallest absolute Gasteiger partial charge is 0.153 e. The molecular formula is C8H8ClNO. The minimum absolute atomic E-state index is 0.477. The van der Waals surface area contributed by atoms with Crippen LogP contribution in [0.5, 0.6) is 0 Å². The van der Waals surface area contributed by atoms with Crippen LogP contribution in [-0.2, 0) is 0 Å². The molecule has 0 atom stereocenters. The molecule has 0 aliphatic rings. The Morgan fingerprint density at radius 2 is 2.18 bits per heavy atom. The van der Waals surface area contributed by atoms with Gasteiger partial charge in [-0.05, 0) is 19.9 Å². The van der Waals surface area contributed by atoms with E-state index in [0.29, 0.717) is 16.3 Å². The molecule has 1 aromatic heterocycles. The average Bonchev–Trinajstić information content (AvgIpc) is 1.85. The normalized spacial score (nSPS) is 9.73. The third-order valence-corrected chi connectivity index (χ3v) is 1.76. The van der Waals surface area contributed by atoms with Crippen molar-refractivity contribution < 1.29 is 4.79 Å². The van der Waals surface area contributed by atoms with Gasteiger partial charge in [-0.3, -0.25) is 9.78 Å². The summed E-state index contributed by atoms with van der Waals surface area (Å²) in [6, 6.07) is 1.68. The minimum atomic E-state index is 0.477. The Morgan fingerprint density at radius 1 is 1.55 bits per heavy atom. The number of carbonyl (C=O) groups excluding carboxylic acids is 1. The van der Waals surface area contributed by atoms with E-state index in [1.165, 1.54) is 0 Å². The van der Waals surface area contributed by atoms with Crippen molar-refractivity contribution in [3.63, 3.8) is 0 Å². The maximum Gasteiger partial charge on any atom is 0.153 e. The van der Waals surface area contributed by atoms with E-state index in [-0.39, 0.29) is 0 Å². The highest BCUT2D eigenvalue weighted by molar-refractivity contribution is 6.33. The second kappa shape index (κ2) is 3.01. The number of aldehydes is 1. The zero-order valence-electron chi connectivity index (χ0n) is 6.39. The van der Waals surface area contributed by atoms with Gasteiger partial charge in [0.15, 0.2) is 6.29 Å². The number of halogens is 1. The Bertz CT molecular complexity index is 273. The van der Waals surface area contributed by atoms with Gasteiger partial charge in [0, 0.05) is 11.4 Å². The lowest BCUT2D eigenvalue weighted by atomic mass is 10.2. The number of hydrogen-bond donors (Lipinski definition) is 0. The maximum absolute atomic E-state index is 10.4. The number of hydrogen-bond acceptors (Lipinski definition) is 2. The molecule has 58 valence electrons. The van der Waals surface area contributed by atoms with Crippen molar-refractivity contribution in [2.45, 2.75) is 13.8 Å². The molecule has 0 saturated heterocycles. The first-order valence-electron chi connectivity index (χ1n) is 3.24. The van der Waals surface area contributed by atoms with Crippen molar-refractivity contribution in [1.82, 2.24) is 4.98 Å². The molecule has 3 heteroatoms. The molecule has 0 aromatic carbocycles. The molecule has 1 rings (SSSR count). The number of nitrogens with zero attached hydrogens (tertiary/aromatic N) is 1. The number of aryl methyl sites for hydroxylation is 2. The van der Waals surface area contributed by atoms with E-state index in [2.05, 4.69) is 4.98 Å². The molecule has 0 aliphatic carbocycles. The Labute approximate surface area is 70.2 Å². The van der Waals surface area contributed by atoms with E-state index < -0.39 is 0 Å². The predicted molar refractivity (Wildman–Crippen MR) is 44.1 cm³/mol. The lowest BCUT2D eigenvalue weighted by molar-refractivity contribution is 0.112. The summed E-state index contributed by atoms with van der Waals surface area (Å²) in [7, 11) is 0. The number of pyridine rings is 1. The molecule has 0 saturated carbocycles. The second-order valence-corrected chi connectivity index (χ2v) is 2.77. The van der Waals surface area contributed by atoms with Gasteiger partial charge in [0.1, 0.15) is 0 Å². The van der Waals surface area contributed by atoms with Crippen LogP contribution in [0.3, 0.4) is 0 Å². The van der Waals surface area contributed by atoms with Gasteiger partial charge in [-0.2, -0.15) is 0 Å². The molecule has 0 unspecified atom stereocenters. The Morgan fingerprint density at radius 3 is 2.64 bits per heavy atom. The highest BCUT2D eigenvalue weighted by Crippen LogP contribution is 2.16. The monoisotopic (exact) mass is 169 g/mol. The fourth-order valence-corrected chi connectivity index (χ4v) is 1.27. The van der Waals surface area contributed by atoms with Crippen LogP contribution in [0.4, 0.5) is 0 Å². The Kier molecular flexibility index (Phi) is 2.25. The summed E-state index contributed by atoms with van der Waals surface area (Å²) >= 11 is 5.76. The quantitative estimate of drug-likeness (QED) is 0.603. The average molecular weight is 170 g/mol. The first kappa shape index (κ1) is 8.21. The van der Waals surface area contributed by atoms with E-state index >= 15 is 0 Å². The summed E-state index contributed by atoms with van der Waals surface area (Å²) in [5.41, 5.74) is 2.00. The van der Waals surface area contributed by atoms with Crippen molar-refractivity contribution in [1.29, 1.82) is 0 Å². The van der Waals surface area contributed by atoms with Crippen LogP contribution < -0.4 is 0 Å². The van der Waals surface area contributed by atoms with Crippen molar-refractivity contribution in [3.8, 4) is 0 Å². The van der Waals surface area contributed by atoms with Gasteiger partial charge in [-0.1, -0.05) is 11.6 Å². The van der Waals surface area contributed by atoms with Crippen LogP contribution >= 0.6 is 11.6 Å². The third-order valence-electron chi connectivity index (χ3n) is 1.44. The van der Waals surface area contributed by atoms with E-state index in [0.717, 1.165) is 12.0 Å². The Balaban J connectivity index is 3.36. The number of rotatable bonds is 1. The van der Waals surface area contributed by atoms with Gasteiger partial charge in [-0.15, -0.1) is 0 Å². The second-order valence-electron chi connectivity index (χ2n) is 2.36. The molecule has 1 aromatic rings. The lowest BCUT2D eigenvalue weighted by Gasteiger charge is -2.00. The van der Waals surface area contributed by atoms with E-state index in [4.69, 9.17) is 11.6 Å². The zero-order valence-corrected chi connectivity index (χ0v) is 7.14. The fraction of sp³-hybridized carbons (Fsp3) is 0.250. The third kappa shape index (κ3) is 1.57. The van der Waals surface area contributed by atoms with Crippen LogP contribution in [0.25, 0.3) is 0 Å². The summed E-state index contributed by atoms with van der Waals surface area (Å²) < 4.78 is 0. The van der Waals surface area contributed by atoms with E-state index in [1.54, 1.807) is 13.0 Å². The summed E-state index contributed by atoms with van der Waals surface area (Å²) in [5.74, 6) is 0. The number of aromatic nitrogens is 1. The highest BCUT2D eigenvalue weighted by Gasteiger charge is 2.03. The SMILES string of the molecule is Cc1cc(Cl)c(C=O)c(C)n1. The van der Waals surface area contributed by atoms with Crippen LogP contribution in [0.1, 0.15) is 21.7 Å². The molecule has 2 nitrogen and oxygen atoms in total. The largest absolute Gasteiger partial charge is 0.298 e. The van der Waals surface area contributed by atoms with Crippen molar-refractivity contribution in [2.75, 3.05) is 0 Å². The predicted octanol–water partition coefficient (Wildman–Crippen LogP) is 2.16. The van der Waals surface area contributed by atoms with Crippen LogP contribution in [0.15, 0.2) is 6.07 Å². The minimum Gasteiger partial charge on any atom is -0.298 e. The van der Waals surface area contributed by atoms with Crippen molar-refractivity contribution >= 4 is 17.9 Å². The molecule has 0 aliphatic heterocycles. The molecule has 11 heavy (non-hydrogen) atoms. The standard InChI is InChI=1S/C8H8ClNO/c1-5-3-8(9)7(4-11)6(2)10-5/h3-4H,1-2H3. The van der Waals surface area contributed by atoms with Crippen LogP contribution in [-0.4, -0.2) is 11.3 Å². The molecule has 0 fully saturated rings. The molecular weight excluding hydrogens is 162 g/mol. The van der Waals surface area contributed by atoms with E-state index in [9.17, 15) is 4.79 Å². The maximum atomic E-state index is 10.4. The van der Waals surface area contributed by atoms with Crippen LogP contribution in [0, 0.1) is 13.8 Å². The number of carbonyl (C=O) groups is 1. The van der Waals surface area contributed by atoms with Gasteiger partial charge in [-0.25, -0.2) is 0 Å². The molecule has 0 spiro atoms. The lowest BCUT2D eigenvalue weighted by Crippen LogP contribution is -1.94. The van der Waals surface area contributed by atoms with Crippen molar-refractivity contribution in [3.05, 3.63) is 28.0 Å². The molecule has 1 heterocycles. The highest BCUT2D eigenvalue weighted by atomic mass is 35.5. The van der Waals surface area contributed by atoms with Gasteiger partial charge in [0.25, 0.3) is 0 Å². The molecule has 0 amide bonds. The first-order valence-corrected chi connectivity index (χ1v) is 3.62. The van der Waals surface area contributed by atoms with Gasteiger partial charge in [0.2, 0.25) is 0 Å². The summed E-state index contributed by atoms with van der Waals surface area (Å²) in [5, 5.41) is 0.477. The van der Waals surface area contributed by atoms with E-state index in [1.807, 2.05) is 6.92 Å². The Hall–Kier alpha value is -0.890. The summed E-state index contributed by atoms with van der Waals surface area (Å²) in [6.07, 6.45) is 0.726. The van der Waals surface area contributed by atoms with Crippen molar-refractivity contribution in [2.24, 2.45) is 0 Å². The van der Waals surface area contributed by atoms with Gasteiger partial charge in [0.05, 0.1) is 10.6 Å². The topological polar surface area (TPSA) is 30.0 Å². The van der Waals surface area contributed by atoms with Gasteiger partial charge < -0.3 is 0 Å². The van der Waals surface area contributed by atoms with Crippen LogP contribution in [0.2, 0.25) is 5.02 Å². The summed E-state index contributed by atoms with van der Waals surface area (Å²) in [6.45, 7) is 3.61. The molecule has 0 radical (unpaired) electrons. The fourth-order valence-electron chi connectivity index (χ4n) is 0.933. The molecule has 0 bridgehead atoms. The summed E-state index contributed by atoms with van der Waals surface area (Å²) in [4.78, 5) is 14.5. The van der Waals surface area contributed by atoms with Gasteiger partial charge >= 0.3 is 0 Å².